The van der Waals surface area contributed by atoms with E-state index < -0.39 is 0 Å². The minimum absolute atomic E-state index is 0.0525. The number of anilines is 1. The lowest BCUT2D eigenvalue weighted by Gasteiger charge is -2.39. The van der Waals surface area contributed by atoms with Gasteiger partial charge < -0.3 is 15.0 Å². The Labute approximate surface area is 232 Å². The Morgan fingerprint density at radius 1 is 0.795 bits per heavy atom. The Balaban J connectivity index is 1.32. The molecule has 5 nitrogen and oxygen atoms in total. The zero-order valence-electron chi connectivity index (χ0n) is 22.8. The molecule has 4 aromatic rings. The summed E-state index contributed by atoms with van der Waals surface area (Å²) in [5.41, 5.74) is 5.41. The van der Waals surface area contributed by atoms with Crippen LogP contribution < -0.4 is 10.1 Å². The van der Waals surface area contributed by atoms with Crippen LogP contribution in [-0.4, -0.2) is 35.0 Å². The zero-order valence-corrected chi connectivity index (χ0v) is 22.8. The first-order chi connectivity index (χ1) is 19.0. The molecule has 2 amide bonds. The molecule has 200 valence electrons. The van der Waals surface area contributed by atoms with Crippen LogP contribution in [0, 0.1) is 13.8 Å². The Morgan fingerprint density at radius 2 is 1.38 bits per heavy atom. The molecule has 0 aliphatic carbocycles. The molecule has 5 rings (SSSR count). The highest BCUT2D eigenvalue weighted by atomic mass is 16.5. The van der Waals surface area contributed by atoms with Crippen LogP contribution in [0.25, 0.3) is 0 Å². The molecular weight excluding hydrogens is 482 g/mol. The molecule has 1 saturated heterocycles. The van der Waals surface area contributed by atoms with E-state index in [1.54, 1.807) is 0 Å². The van der Waals surface area contributed by atoms with Gasteiger partial charge in [0.25, 0.3) is 0 Å². The second-order valence-corrected chi connectivity index (χ2v) is 10.4. The summed E-state index contributed by atoms with van der Waals surface area (Å²) in [6.07, 6.45) is 1.88. The second-order valence-electron chi connectivity index (χ2n) is 10.4. The largest absolute Gasteiger partial charge is 0.457 e. The van der Waals surface area contributed by atoms with E-state index >= 15 is 0 Å². The standard InChI is InChI=1S/C34H37N3O2/c1-26-11-9-12-27(2)33(26)35-34(38)37(30-19-21-36(22-20-30)24-28-13-5-3-6-14-28)25-29-15-10-18-32(23-29)39-31-16-7-4-8-17-31/h3-18,23,30H,19-22,24-25H2,1-2H3,(H,35,38). The van der Waals surface area contributed by atoms with Crippen LogP contribution in [0.1, 0.15) is 35.1 Å². The SMILES string of the molecule is Cc1cccc(C)c1NC(=O)N(Cc1cccc(Oc2ccccc2)c1)C1CCN(Cc2ccccc2)CC1. The summed E-state index contributed by atoms with van der Waals surface area (Å²) in [5, 5.41) is 3.24. The quantitative estimate of drug-likeness (QED) is 0.258. The van der Waals surface area contributed by atoms with Gasteiger partial charge in [-0.15, -0.1) is 0 Å². The fraction of sp³-hybridized carbons (Fsp3) is 0.265. The highest BCUT2D eigenvalue weighted by Crippen LogP contribution is 2.27. The van der Waals surface area contributed by atoms with Gasteiger partial charge in [0, 0.05) is 37.9 Å². The first-order valence-corrected chi connectivity index (χ1v) is 13.8. The van der Waals surface area contributed by atoms with Gasteiger partial charge in [0.1, 0.15) is 11.5 Å². The summed E-state index contributed by atoms with van der Waals surface area (Å²) in [6.45, 7) is 7.47. The summed E-state index contributed by atoms with van der Waals surface area (Å²) in [5.74, 6) is 1.57. The van der Waals surface area contributed by atoms with E-state index in [1.165, 1.54) is 5.56 Å². The molecule has 0 aromatic heterocycles. The smallest absolute Gasteiger partial charge is 0.322 e. The number of likely N-dealkylation sites (tertiary alicyclic amines) is 1. The van der Waals surface area contributed by atoms with Crippen molar-refractivity contribution in [1.29, 1.82) is 0 Å². The lowest BCUT2D eigenvalue weighted by atomic mass is 10.0. The Kier molecular flexibility index (Phi) is 8.59. The number of urea groups is 1. The van der Waals surface area contributed by atoms with Crippen molar-refractivity contribution in [1.82, 2.24) is 9.80 Å². The Hall–Kier alpha value is -4.09. The van der Waals surface area contributed by atoms with E-state index in [9.17, 15) is 4.79 Å². The van der Waals surface area contributed by atoms with Gasteiger partial charge in [-0.05, 0) is 73.2 Å². The predicted molar refractivity (Wildman–Crippen MR) is 158 cm³/mol. The molecule has 1 aliphatic heterocycles. The second kappa shape index (κ2) is 12.6. The molecule has 0 saturated carbocycles. The molecule has 1 heterocycles. The number of rotatable bonds is 8. The number of ether oxygens (including phenoxy) is 1. The molecule has 0 spiro atoms. The molecule has 39 heavy (non-hydrogen) atoms. The number of carbonyl (C=O) groups excluding carboxylic acids is 1. The first-order valence-electron chi connectivity index (χ1n) is 13.8. The third kappa shape index (κ3) is 7.06. The maximum Gasteiger partial charge on any atom is 0.322 e. The molecule has 5 heteroatoms. The van der Waals surface area contributed by atoms with Crippen LogP contribution in [0.3, 0.4) is 0 Å². The van der Waals surface area contributed by atoms with Gasteiger partial charge in [0.05, 0.1) is 0 Å². The van der Waals surface area contributed by atoms with Crippen molar-refractivity contribution in [3.63, 3.8) is 0 Å². The van der Waals surface area contributed by atoms with Gasteiger partial charge in [0.2, 0.25) is 0 Å². The number of amides is 2. The number of para-hydroxylation sites is 2. The van der Waals surface area contributed by atoms with E-state index in [1.807, 2.05) is 85.5 Å². The van der Waals surface area contributed by atoms with Crippen molar-refractivity contribution in [3.8, 4) is 11.5 Å². The monoisotopic (exact) mass is 519 g/mol. The fourth-order valence-electron chi connectivity index (χ4n) is 5.32. The number of benzene rings is 4. The lowest BCUT2D eigenvalue weighted by molar-refractivity contribution is 0.120. The van der Waals surface area contributed by atoms with Crippen molar-refractivity contribution in [2.24, 2.45) is 0 Å². The van der Waals surface area contributed by atoms with E-state index in [0.717, 1.165) is 66.4 Å². The van der Waals surface area contributed by atoms with Crippen LogP contribution in [0.4, 0.5) is 10.5 Å². The third-order valence-electron chi connectivity index (χ3n) is 7.45. The van der Waals surface area contributed by atoms with Gasteiger partial charge in [-0.3, -0.25) is 4.90 Å². The number of aryl methyl sites for hydroxylation is 2. The van der Waals surface area contributed by atoms with Crippen molar-refractivity contribution in [2.45, 2.75) is 45.8 Å². The van der Waals surface area contributed by atoms with Crippen LogP contribution in [0.5, 0.6) is 11.5 Å². The molecule has 0 bridgehead atoms. The van der Waals surface area contributed by atoms with Crippen molar-refractivity contribution in [3.05, 3.63) is 125 Å². The van der Waals surface area contributed by atoms with Crippen molar-refractivity contribution in [2.75, 3.05) is 18.4 Å². The molecule has 0 radical (unpaired) electrons. The van der Waals surface area contributed by atoms with Crippen LogP contribution in [0.2, 0.25) is 0 Å². The van der Waals surface area contributed by atoms with Crippen LogP contribution in [-0.2, 0) is 13.1 Å². The molecule has 1 aliphatic rings. The van der Waals surface area contributed by atoms with Gasteiger partial charge >= 0.3 is 6.03 Å². The number of nitrogens with one attached hydrogen (secondary N) is 1. The summed E-state index contributed by atoms with van der Waals surface area (Å²) in [7, 11) is 0. The number of nitrogens with zero attached hydrogens (tertiary/aromatic N) is 2. The lowest BCUT2D eigenvalue weighted by Crippen LogP contribution is -2.48. The topological polar surface area (TPSA) is 44.8 Å². The predicted octanol–water partition coefficient (Wildman–Crippen LogP) is 7.79. The number of hydrogen-bond donors (Lipinski definition) is 1. The van der Waals surface area contributed by atoms with E-state index in [0.29, 0.717) is 6.54 Å². The Morgan fingerprint density at radius 3 is 2.08 bits per heavy atom. The fourth-order valence-corrected chi connectivity index (χ4v) is 5.32. The molecular formula is C34H37N3O2. The highest BCUT2D eigenvalue weighted by Gasteiger charge is 2.29. The maximum atomic E-state index is 13.8. The van der Waals surface area contributed by atoms with Crippen molar-refractivity contribution < 1.29 is 9.53 Å². The molecule has 1 fully saturated rings. The van der Waals surface area contributed by atoms with Gasteiger partial charge in [0.15, 0.2) is 0 Å². The normalized spacial score (nSPS) is 14.1. The highest BCUT2D eigenvalue weighted by molar-refractivity contribution is 5.91. The van der Waals surface area contributed by atoms with Gasteiger partial charge in [-0.2, -0.15) is 0 Å². The summed E-state index contributed by atoms with van der Waals surface area (Å²) < 4.78 is 6.08. The van der Waals surface area contributed by atoms with E-state index in [-0.39, 0.29) is 12.1 Å². The summed E-state index contributed by atoms with van der Waals surface area (Å²) >= 11 is 0. The zero-order chi connectivity index (χ0) is 27.0. The maximum absolute atomic E-state index is 13.8. The number of carbonyl (C=O) groups is 1. The van der Waals surface area contributed by atoms with Gasteiger partial charge in [-0.1, -0.05) is 78.9 Å². The average Bonchev–Trinajstić information content (AvgIpc) is 2.96. The molecule has 0 unspecified atom stereocenters. The molecule has 4 aromatic carbocycles. The van der Waals surface area contributed by atoms with Crippen molar-refractivity contribution >= 4 is 11.7 Å². The average molecular weight is 520 g/mol. The first kappa shape index (κ1) is 26.5. The molecule has 0 atom stereocenters. The Bertz CT molecular complexity index is 1350. The van der Waals surface area contributed by atoms with Crippen LogP contribution in [0.15, 0.2) is 103 Å². The molecule has 1 N–H and O–H groups in total. The summed E-state index contributed by atoms with van der Waals surface area (Å²) in [6, 6.07) is 34.7. The minimum Gasteiger partial charge on any atom is -0.457 e. The van der Waals surface area contributed by atoms with Crippen LogP contribution >= 0.6 is 0 Å². The number of piperidine rings is 1. The van der Waals surface area contributed by atoms with E-state index in [2.05, 4.69) is 46.6 Å². The third-order valence-corrected chi connectivity index (χ3v) is 7.45. The van der Waals surface area contributed by atoms with E-state index in [4.69, 9.17) is 4.74 Å². The minimum atomic E-state index is -0.0525. The summed E-state index contributed by atoms with van der Waals surface area (Å²) in [4.78, 5) is 18.3. The van der Waals surface area contributed by atoms with Gasteiger partial charge in [-0.25, -0.2) is 4.79 Å². The number of hydrogen-bond acceptors (Lipinski definition) is 3.